The average Bonchev–Trinajstić information content (AvgIpc) is 3.26. The molecule has 3 heterocycles. The van der Waals surface area contributed by atoms with E-state index in [4.69, 9.17) is 4.74 Å². The third-order valence-electron chi connectivity index (χ3n) is 6.88. The Morgan fingerprint density at radius 2 is 1.79 bits per heavy atom. The molecule has 4 rings (SSSR count). The predicted molar refractivity (Wildman–Crippen MR) is 125 cm³/mol. The number of fused-ring (bicyclic) bond motifs is 1. The molecule has 2 aliphatic rings. The minimum absolute atomic E-state index is 0.00677. The standard InChI is InChI=1S/C24H33N3O5S/c1-3-25-13-11-19-16-21(7-8-22(19)25)33(30,31)27-12-5-6-20(17-27)23(28)26-14-9-18(10-15-26)24(29)32-4-2/h7-8,11,13,16,18,20H,3-6,9-10,12,14-15,17H2,1-2H3. The highest BCUT2D eigenvalue weighted by Crippen LogP contribution is 2.29. The van der Waals surface area contributed by atoms with Crippen molar-refractivity contribution in [3.8, 4) is 0 Å². The van der Waals surface area contributed by atoms with Crippen LogP contribution in [0.5, 0.6) is 0 Å². The normalized spacial score (nSPS) is 20.8. The fourth-order valence-electron chi connectivity index (χ4n) is 4.98. The fraction of sp³-hybridized carbons (Fsp3) is 0.583. The van der Waals surface area contributed by atoms with Gasteiger partial charge < -0.3 is 14.2 Å². The number of ether oxygens (including phenoxy) is 1. The summed E-state index contributed by atoms with van der Waals surface area (Å²) in [4.78, 5) is 27.2. The van der Waals surface area contributed by atoms with Gasteiger partial charge in [-0.05, 0) is 63.8 Å². The lowest BCUT2D eigenvalue weighted by Crippen LogP contribution is -2.49. The zero-order chi connectivity index (χ0) is 23.6. The van der Waals surface area contributed by atoms with Crippen molar-refractivity contribution >= 4 is 32.8 Å². The number of likely N-dealkylation sites (tertiary alicyclic amines) is 1. The van der Waals surface area contributed by atoms with Crippen LogP contribution < -0.4 is 0 Å². The van der Waals surface area contributed by atoms with Gasteiger partial charge in [-0.2, -0.15) is 4.31 Å². The van der Waals surface area contributed by atoms with Gasteiger partial charge in [0, 0.05) is 49.8 Å². The smallest absolute Gasteiger partial charge is 0.309 e. The summed E-state index contributed by atoms with van der Waals surface area (Å²) in [6.45, 7) is 6.67. The van der Waals surface area contributed by atoms with Gasteiger partial charge >= 0.3 is 5.97 Å². The SMILES string of the molecule is CCOC(=O)C1CCN(C(=O)C2CCCN(S(=O)(=O)c3ccc4c(ccn4CC)c3)C2)CC1. The fourth-order valence-corrected chi connectivity index (χ4v) is 6.54. The van der Waals surface area contributed by atoms with E-state index in [2.05, 4.69) is 4.57 Å². The van der Waals surface area contributed by atoms with Crippen molar-refractivity contribution in [2.75, 3.05) is 32.8 Å². The second kappa shape index (κ2) is 9.85. The van der Waals surface area contributed by atoms with Crippen LogP contribution in [0.1, 0.15) is 39.5 Å². The molecule has 0 spiro atoms. The Balaban J connectivity index is 1.42. The molecule has 1 aromatic heterocycles. The molecule has 0 aliphatic carbocycles. The first-order chi connectivity index (χ1) is 15.8. The molecule has 2 aliphatic heterocycles. The molecule has 2 saturated heterocycles. The van der Waals surface area contributed by atoms with Crippen LogP contribution in [0.25, 0.3) is 10.9 Å². The van der Waals surface area contributed by atoms with Crippen LogP contribution >= 0.6 is 0 Å². The van der Waals surface area contributed by atoms with E-state index in [1.165, 1.54) is 4.31 Å². The Labute approximate surface area is 195 Å². The number of aromatic nitrogens is 1. The largest absolute Gasteiger partial charge is 0.466 e. The highest BCUT2D eigenvalue weighted by Gasteiger charge is 2.37. The summed E-state index contributed by atoms with van der Waals surface area (Å²) in [7, 11) is -3.68. The summed E-state index contributed by atoms with van der Waals surface area (Å²) in [6.07, 6.45) is 4.49. The lowest BCUT2D eigenvalue weighted by molar-refractivity contribution is -0.152. The van der Waals surface area contributed by atoms with Crippen LogP contribution in [0.15, 0.2) is 35.4 Å². The Morgan fingerprint density at radius 3 is 2.48 bits per heavy atom. The molecular weight excluding hydrogens is 442 g/mol. The van der Waals surface area contributed by atoms with Crippen molar-refractivity contribution in [2.24, 2.45) is 11.8 Å². The number of rotatable bonds is 6. The third-order valence-corrected chi connectivity index (χ3v) is 8.74. The average molecular weight is 476 g/mol. The van der Waals surface area contributed by atoms with Gasteiger partial charge in [-0.15, -0.1) is 0 Å². The van der Waals surface area contributed by atoms with Gasteiger partial charge in [0.2, 0.25) is 15.9 Å². The summed E-state index contributed by atoms with van der Waals surface area (Å²) in [6, 6.07) is 7.17. The number of nitrogens with zero attached hydrogens (tertiary/aromatic N) is 3. The first kappa shape index (κ1) is 23.8. The van der Waals surface area contributed by atoms with E-state index < -0.39 is 10.0 Å². The van der Waals surface area contributed by atoms with Gasteiger partial charge in [0.25, 0.3) is 0 Å². The maximum absolute atomic E-state index is 13.4. The van der Waals surface area contributed by atoms with E-state index >= 15 is 0 Å². The van der Waals surface area contributed by atoms with Gasteiger partial charge in [0.05, 0.1) is 23.3 Å². The molecule has 1 aromatic carbocycles. The van der Waals surface area contributed by atoms with Crippen LogP contribution in [0, 0.1) is 11.8 Å². The Hall–Kier alpha value is -2.39. The molecule has 0 bridgehead atoms. The number of carbonyl (C=O) groups is 2. The number of aryl methyl sites for hydroxylation is 1. The first-order valence-corrected chi connectivity index (χ1v) is 13.3. The Kier molecular flexibility index (Phi) is 7.09. The molecule has 1 unspecified atom stereocenters. The van der Waals surface area contributed by atoms with Crippen molar-refractivity contribution in [2.45, 2.75) is 51.0 Å². The van der Waals surface area contributed by atoms with Crippen molar-refractivity contribution in [3.05, 3.63) is 30.5 Å². The van der Waals surface area contributed by atoms with E-state index in [1.807, 2.05) is 25.3 Å². The zero-order valence-corrected chi connectivity index (χ0v) is 20.2. The predicted octanol–water partition coefficient (Wildman–Crippen LogP) is 2.86. The van der Waals surface area contributed by atoms with Crippen molar-refractivity contribution in [1.29, 1.82) is 0 Å². The van der Waals surface area contributed by atoms with Crippen LogP contribution in [0.2, 0.25) is 0 Å². The molecule has 180 valence electrons. The maximum Gasteiger partial charge on any atom is 0.309 e. The monoisotopic (exact) mass is 475 g/mol. The number of hydrogen-bond donors (Lipinski definition) is 0. The van der Waals surface area contributed by atoms with Crippen LogP contribution in [0.3, 0.4) is 0 Å². The van der Waals surface area contributed by atoms with Gasteiger partial charge in [0.1, 0.15) is 0 Å². The van der Waals surface area contributed by atoms with E-state index in [9.17, 15) is 18.0 Å². The number of esters is 1. The summed E-state index contributed by atoms with van der Waals surface area (Å²) in [5, 5.41) is 0.895. The molecule has 9 heteroatoms. The molecule has 1 atom stereocenters. The molecule has 8 nitrogen and oxygen atoms in total. The summed E-state index contributed by atoms with van der Waals surface area (Å²) in [5.74, 6) is -0.703. The number of carbonyl (C=O) groups excluding carboxylic acids is 2. The molecule has 33 heavy (non-hydrogen) atoms. The molecule has 2 aromatic rings. The summed E-state index contributed by atoms with van der Waals surface area (Å²) >= 11 is 0. The van der Waals surface area contributed by atoms with Crippen LogP contribution in [0.4, 0.5) is 0 Å². The second-order valence-electron chi connectivity index (χ2n) is 8.88. The third kappa shape index (κ3) is 4.80. The minimum atomic E-state index is -3.68. The highest BCUT2D eigenvalue weighted by atomic mass is 32.2. The molecule has 2 fully saturated rings. The lowest BCUT2D eigenvalue weighted by atomic mass is 9.93. The first-order valence-electron chi connectivity index (χ1n) is 11.9. The molecule has 0 N–H and O–H groups in total. The van der Waals surface area contributed by atoms with Gasteiger partial charge in [-0.1, -0.05) is 0 Å². The van der Waals surface area contributed by atoms with Crippen molar-refractivity contribution in [3.63, 3.8) is 0 Å². The number of amides is 1. The van der Waals surface area contributed by atoms with Crippen molar-refractivity contribution < 1.29 is 22.7 Å². The Bertz CT molecular complexity index is 1120. The highest BCUT2D eigenvalue weighted by molar-refractivity contribution is 7.89. The molecule has 0 radical (unpaired) electrons. The zero-order valence-electron chi connectivity index (χ0n) is 19.4. The molecular formula is C24H33N3O5S. The minimum Gasteiger partial charge on any atom is -0.466 e. The van der Waals surface area contributed by atoms with E-state index in [-0.39, 0.29) is 35.2 Å². The van der Waals surface area contributed by atoms with E-state index in [0.29, 0.717) is 51.9 Å². The second-order valence-corrected chi connectivity index (χ2v) is 10.8. The summed E-state index contributed by atoms with van der Waals surface area (Å²) in [5.41, 5.74) is 1.01. The van der Waals surface area contributed by atoms with Gasteiger partial charge in [0.15, 0.2) is 0 Å². The van der Waals surface area contributed by atoms with E-state index in [1.54, 1.807) is 24.0 Å². The number of benzene rings is 1. The molecule has 1 amide bonds. The van der Waals surface area contributed by atoms with Gasteiger partial charge in [-0.3, -0.25) is 9.59 Å². The number of hydrogen-bond acceptors (Lipinski definition) is 5. The number of piperidine rings is 2. The topological polar surface area (TPSA) is 88.9 Å². The van der Waals surface area contributed by atoms with Crippen LogP contribution in [-0.2, 0) is 30.9 Å². The quantitative estimate of drug-likeness (QED) is 0.600. The van der Waals surface area contributed by atoms with E-state index in [0.717, 1.165) is 17.4 Å². The van der Waals surface area contributed by atoms with Crippen molar-refractivity contribution in [1.82, 2.24) is 13.8 Å². The Morgan fingerprint density at radius 1 is 1.03 bits per heavy atom. The summed E-state index contributed by atoms with van der Waals surface area (Å²) < 4.78 is 35.4. The van der Waals surface area contributed by atoms with Crippen LogP contribution in [-0.4, -0.2) is 66.9 Å². The number of sulfonamides is 1. The maximum atomic E-state index is 13.4. The lowest BCUT2D eigenvalue weighted by Gasteiger charge is -2.37. The van der Waals surface area contributed by atoms with Gasteiger partial charge in [-0.25, -0.2) is 8.42 Å². The molecule has 0 saturated carbocycles.